The van der Waals surface area contributed by atoms with Crippen LogP contribution in [0.1, 0.15) is 44.7 Å². The molecule has 8 rings (SSSR count). The third-order valence-electron chi connectivity index (χ3n) is 11.1. The minimum atomic E-state index is -0.459. The van der Waals surface area contributed by atoms with Crippen LogP contribution in [0.5, 0.6) is 23.0 Å². The summed E-state index contributed by atoms with van der Waals surface area (Å²) in [5, 5.41) is 4.70. The van der Waals surface area contributed by atoms with Gasteiger partial charge in [0.1, 0.15) is 12.4 Å². The van der Waals surface area contributed by atoms with Crippen LogP contribution < -0.4 is 28.7 Å². The highest BCUT2D eigenvalue weighted by Gasteiger charge is 2.37. The van der Waals surface area contributed by atoms with Crippen molar-refractivity contribution in [3.8, 4) is 23.0 Å². The van der Waals surface area contributed by atoms with Crippen molar-refractivity contribution < 1.29 is 57.6 Å². The van der Waals surface area contributed by atoms with Gasteiger partial charge in [-0.2, -0.15) is 4.89 Å². The molecule has 1 aliphatic carbocycles. The lowest BCUT2D eigenvalue weighted by atomic mass is 9.94. The number of rotatable bonds is 18. The Kier molecular flexibility index (Phi) is 13.1. The second-order valence-electron chi connectivity index (χ2n) is 14.9. The van der Waals surface area contributed by atoms with Crippen LogP contribution in [0.25, 0.3) is 0 Å². The number of methoxy groups -OCH3 is 3. The van der Waals surface area contributed by atoms with Crippen molar-refractivity contribution in [2.75, 3.05) is 64.3 Å². The zero-order valence-electron chi connectivity index (χ0n) is 35.1. The highest BCUT2D eigenvalue weighted by Crippen LogP contribution is 2.42. The third-order valence-corrected chi connectivity index (χ3v) is 11.1. The SMILES string of the molecule is C=Nc1cc(OCC2=CC(OCOOOCCC(=O)OC)=CC(COc3cc4c(cc3OC)C(=O)N3c5ccccc5C[C@H]3C=N4)C2)c(OC)cc1C(=O)N1CCc2ccccc21. The largest absolute Gasteiger partial charge is 0.493 e. The number of allylic oxidation sites excluding steroid dienone is 1. The van der Waals surface area contributed by atoms with E-state index in [0.29, 0.717) is 70.6 Å². The van der Waals surface area contributed by atoms with Crippen LogP contribution >= 0.6 is 0 Å². The van der Waals surface area contributed by atoms with Crippen molar-refractivity contribution >= 4 is 53.5 Å². The van der Waals surface area contributed by atoms with Crippen LogP contribution in [0.3, 0.4) is 0 Å². The van der Waals surface area contributed by atoms with E-state index < -0.39 is 5.97 Å². The van der Waals surface area contributed by atoms with E-state index >= 15 is 0 Å². The van der Waals surface area contributed by atoms with E-state index in [2.05, 4.69) is 16.4 Å². The fraction of sp³-hybridized carbons (Fsp3) is 0.298. The molecule has 63 heavy (non-hydrogen) atoms. The summed E-state index contributed by atoms with van der Waals surface area (Å²) in [5.74, 6) is 0.849. The number of ether oxygens (including phenoxy) is 6. The molecular weight excluding hydrogens is 813 g/mol. The summed E-state index contributed by atoms with van der Waals surface area (Å²) >= 11 is 0. The molecule has 0 saturated carbocycles. The summed E-state index contributed by atoms with van der Waals surface area (Å²) in [5.41, 5.74) is 6.33. The minimum Gasteiger partial charge on any atom is -0.493 e. The maximum Gasteiger partial charge on any atom is 0.307 e. The van der Waals surface area contributed by atoms with E-state index in [1.165, 1.54) is 21.3 Å². The second-order valence-corrected chi connectivity index (χ2v) is 14.9. The molecule has 1 unspecified atom stereocenters. The molecule has 326 valence electrons. The fourth-order valence-electron chi connectivity index (χ4n) is 8.01. The Balaban J connectivity index is 0.975. The van der Waals surface area contributed by atoms with Gasteiger partial charge in [0.15, 0.2) is 23.0 Å². The number of carbonyl (C=O) groups excluding carboxylic acids is 3. The molecule has 16 heteroatoms. The second kappa shape index (κ2) is 19.4. The first-order valence-electron chi connectivity index (χ1n) is 20.3. The lowest BCUT2D eigenvalue weighted by molar-refractivity contribution is -0.525. The van der Waals surface area contributed by atoms with Crippen LogP contribution in [0.15, 0.2) is 106 Å². The van der Waals surface area contributed by atoms with E-state index in [1.807, 2.05) is 66.9 Å². The smallest absolute Gasteiger partial charge is 0.307 e. The zero-order chi connectivity index (χ0) is 43.9. The first kappa shape index (κ1) is 42.7. The van der Waals surface area contributed by atoms with Crippen molar-refractivity contribution in [3.63, 3.8) is 0 Å². The van der Waals surface area contributed by atoms with Crippen LogP contribution in [-0.4, -0.2) is 91.2 Å². The number of esters is 1. The number of amides is 2. The normalized spacial score (nSPS) is 17.0. The van der Waals surface area contributed by atoms with Crippen LogP contribution in [0.4, 0.5) is 22.7 Å². The first-order chi connectivity index (χ1) is 30.8. The van der Waals surface area contributed by atoms with E-state index in [9.17, 15) is 14.4 Å². The predicted octanol–water partition coefficient (Wildman–Crippen LogP) is 7.23. The maximum atomic E-state index is 14.0. The van der Waals surface area contributed by atoms with Crippen LogP contribution in [0.2, 0.25) is 0 Å². The number of fused-ring (bicyclic) bond motifs is 5. The molecule has 2 atom stereocenters. The number of nitrogens with zero attached hydrogens (tertiary/aromatic N) is 4. The molecule has 3 heterocycles. The fourth-order valence-corrected chi connectivity index (χ4v) is 8.01. The summed E-state index contributed by atoms with van der Waals surface area (Å²) < 4.78 is 34.7. The Labute approximate surface area is 363 Å². The van der Waals surface area contributed by atoms with Gasteiger partial charge < -0.3 is 33.3 Å². The van der Waals surface area contributed by atoms with Gasteiger partial charge in [0.25, 0.3) is 11.8 Å². The number of para-hydroxylation sites is 2. The Morgan fingerprint density at radius 1 is 0.857 bits per heavy atom. The van der Waals surface area contributed by atoms with Gasteiger partial charge in [-0.1, -0.05) is 41.4 Å². The Morgan fingerprint density at radius 3 is 2.41 bits per heavy atom. The predicted molar refractivity (Wildman–Crippen MR) is 232 cm³/mol. The average Bonchev–Trinajstić information content (AvgIpc) is 3.89. The van der Waals surface area contributed by atoms with E-state index in [4.69, 9.17) is 43.5 Å². The summed E-state index contributed by atoms with van der Waals surface area (Å²) in [7, 11) is 4.31. The molecule has 2 amide bonds. The molecule has 16 nitrogen and oxygen atoms in total. The molecule has 0 radical (unpaired) electrons. The summed E-state index contributed by atoms with van der Waals surface area (Å²) in [4.78, 5) is 61.5. The summed E-state index contributed by atoms with van der Waals surface area (Å²) in [6.45, 7) is 4.13. The molecule has 4 aliphatic rings. The van der Waals surface area contributed by atoms with Crippen molar-refractivity contribution in [1.82, 2.24) is 0 Å². The van der Waals surface area contributed by atoms with Crippen molar-refractivity contribution in [2.45, 2.75) is 31.7 Å². The van der Waals surface area contributed by atoms with Crippen LogP contribution in [-0.2, 0) is 41.9 Å². The maximum absolute atomic E-state index is 14.0. The molecular formula is C47H46N4O12. The highest BCUT2D eigenvalue weighted by atomic mass is 17.5. The molecule has 0 bridgehead atoms. The average molecular weight is 859 g/mol. The number of carbonyl (C=O) groups is 3. The summed E-state index contributed by atoms with van der Waals surface area (Å²) in [6, 6.07) is 22.2. The molecule has 0 saturated heterocycles. The van der Waals surface area contributed by atoms with E-state index in [1.54, 1.807) is 34.1 Å². The Hall–Kier alpha value is -7.01. The molecule has 0 N–H and O–H groups in total. The molecule has 0 spiro atoms. The van der Waals surface area contributed by atoms with Crippen molar-refractivity contribution in [2.24, 2.45) is 15.9 Å². The number of hydrogen-bond acceptors (Lipinski definition) is 14. The van der Waals surface area contributed by atoms with Gasteiger partial charge in [-0.05, 0) is 72.7 Å². The van der Waals surface area contributed by atoms with Crippen molar-refractivity contribution in [3.05, 3.63) is 119 Å². The first-order valence-corrected chi connectivity index (χ1v) is 20.3. The lowest BCUT2D eigenvalue weighted by Crippen LogP contribution is -2.37. The molecule has 0 fully saturated rings. The van der Waals surface area contributed by atoms with E-state index in [0.717, 1.165) is 34.5 Å². The van der Waals surface area contributed by atoms with Gasteiger partial charge in [-0.25, -0.2) is 4.89 Å². The molecule has 4 aromatic carbocycles. The number of hydrogen-bond donors (Lipinski definition) is 0. The number of aliphatic imine (C=N–C) groups is 2. The minimum absolute atomic E-state index is 0.0219. The molecule has 0 aromatic heterocycles. The van der Waals surface area contributed by atoms with Gasteiger partial charge in [-0.3, -0.25) is 29.3 Å². The van der Waals surface area contributed by atoms with Gasteiger partial charge in [0.2, 0.25) is 6.79 Å². The van der Waals surface area contributed by atoms with Gasteiger partial charge in [0.05, 0.1) is 69.5 Å². The molecule has 3 aliphatic heterocycles. The zero-order valence-corrected chi connectivity index (χ0v) is 35.1. The molecule has 4 aromatic rings. The van der Waals surface area contributed by atoms with Gasteiger partial charge in [-0.15, -0.1) is 0 Å². The summed E-state index contributed by atoms with van der Waals surface area (Å²) in [6.07, 6.45) is 7.41. The Bertz CT molecular complexity index is 2500. The van der Waals surface area contributed by atoms with Gasteiger partial charge >= 0.3 is 5.97 Å². The van der Waals surface area contributed by atoms with Crippen molar-refractivity contribution in [1.29, 1.82) is 0 Å². The lowest BCUT2D eigenvalue weighted by Gasteiger charge is -2.24. The quantitative estimate of drug-likeness (QED) is 0.0247. The standard InChI is InChI=1S/C47H46N4O12/c1-48-37-23-43(41(55-2)21-35(37)46(53)50-15-13-31-9-5-7-11-39(31)50)58-26-29-17-30(19-34(18-29)60-28-62-63-61-16-14-45(52)57-4)27-59-44-24-38-36(22-42(44)56-3)47(54)51-33(25-49-38)20-32-10-6-8-12-40(32)51/h5-12,18-19,21-25,30,33H,1,13-17,20,26-28H2,2-4H3/t30?,33-/m0/s1. The van der Waals surface area contributed by atoms with Crippen LogP contribution in [0, 0.1) is 5.92 Å². The highest BCUT2D eigenvalue weighted by molar-refractivity contribution is 6.15. The van der Waals surface area contributed by atoms with Gasteiger partial charge in [0, 0.05) is 48.6 Å². The van der Waals surface area contributed by atoms with E-state index in [-0.39, 0.29) is 56.8 Å². The number of benzene rings is 4. The number of anilines is 2. The topological polar surface area (TPSA) is 165 Å². The third kappa shape index (κ3) is 9.28. The Morgan fingerprint density at radius 2 is 1.62 bits per heavy atom. The monoisotopic (exact) mass is 858 g/mol.